The molecule has 1 N–H and O–H groups in total. The molecule has 0 spiro atoms. The number of aromatic nitrogens is 1. The van der Waals surface area contributed by atoms with Crippen molar-refractivity contribution < 1.29 is 9.53 Å². The standard InChI is InChI=1S/C18H17NO2/c1-3-21-16-9-5-8-15-17(16)14(11-19-15)18(20)13-7-4-6-12(2)10-13/h4-11,19H,3H2,1-2H3. The lowest BCUT2D eigenvalue weighted by Crippen LogP contribution is -2.01. The summed E-state index contributed by atoms with van der Waals surface area (Å²) in [6.45, 7) is 4.49. The molecule has 0 fully saturated rings. The average Bonchev–Trinajstić information content (AvgIpc) is 2.92. The number of aryl methyl sites for hydroxylation is 1. The summed E-state index contributed by atoms with van der Waals surface area (Å²) >= 11 is 0. The van der Waals surface area contributed by atoms with Gasteiger partial charge in [-0.05, 0) is 32.0 Å². The van der Waals surface area contributed by atoms with Crippen LogP contribution in [0.1, 0.15) is 28.4 Å². The van der Waals surface area contributed by atoms with E-state index < -0.39 is 0 Å². The summed E-state index contributed by atoms with van der Waals surface area (Å²) in [6, 6.07) is 13.4. The molecule has 0 aliphatic rings. The smallest absolute Gasteiger partial charge is 0.195 e. The average molecular weight is 279 g/mol. The van der Waals surface area contributed by atoms with Gasteiger partial charge in [-0.25, -0.2) is 0 Å². The highest BCUT2D eigenvalue weighted by Crippen LogP contribution is 2.30. The number of nitrogens with one attached hydrogen (secondary N) is 1. The predicted octanol–water partition coefficient (Wildman–Crippen LogP) is 4.11. The molecule has 0 saturated heterocycles. The van der Waals surface area contributed by atoms with Gasteiger partial charge < -0.3 is 9.72 Å². The summed E-state index contributed by atoms with van der Waals surface area (Å²) in [4.78, 5) is 15.9. The van der Waals surface area contributed by atoms with E-state index in [0.29, 0.717) is 17.7 Å². The number of carbonyl (C=O) groups excluding carboxylic acids is 1. The molecule has 0 bridgehead atoms. The van der Waals surface area contributed by atoms with Gasteiger partial charge in [0.05, 0.1) is 17.6 Å². The number of ether oxygens (including phenoxy) is 1. The van der Waals surface area contributed by atoms with Crippen molar-refractivity contribution in [1.82, 2.24) is 4.98 Å². The molecule has 0 saturated carbocycles. The van der Waals surface area contributed by atoms with Crippen LogP contribution in [0.4, 0.5) is 0 Å². The van der Waals surface area contributed by atoms with Crippen LogP contribution in [0.3, 0.4) is 0 Å². The lowest BCUT2D eigenvalue weighted by Gasteiger charge is -2.07. The fourth-order valence-electron chi connectivity index (χ4n) is 2.55. The Morgan fingerprint density at radius 2 is 2.00 bits per heavy atom. The second-order valence-electron chi connectivity index (χ2n) is 5.01. The quantitative estimate of drug-likeness (QED) is 0.730. The van der Waals surface area contributed by atoms with Crippen molar-refractivity contribution in [3.05, 3.63) is 65.4 Å². The zero-order chi connectivity index (χ0) is 14.8. The molecule has 3 heteroatoms. The Morgan fingerprint density at radius 1 is 1.19 bits per heavy atom. The highest BCUT2D eigenvalue weighted by atomic mass is 16.5. The van der Waals surface area contributed by atoms with Crippen molar-refractivity contribution in [1.29, 1.82) is 0 Å². The topological polar surface area (TPSA) is 42.1 Å². The summed E-state index contributed by atoms with van der Waals surface area (Å²) in [5.74, 6) is 0.754. The number of carbonyl (C=O) groups is 1. The minimum Gasteiger partial charge on any atom is -0.493 e. The molecule has 2 aromatic carbocycles. The van der Waals surface area contributed by atoms with Crippen molar-refractivity contribution in [2.24, 2.45) is 0 Å². The van der Waals surface area contributed by atoms with E-state index in [9.17, 15) is 4.79 Å². The summed E-state index contributed by atoms with van der Waals surface area (Å²) in [5.41, 5.74) is 3.34. The lowest BCUT2D eigenvalue weighted by molar-refractivity contribution is 0.104. The number of H-pyrrole nitrogens is 1. The van der Waals surface area contributed by atoms with Crippen LogP contribution in [0.25, 0.3) is 10.9 Å². The Morgan fingerprint density at radius 3 is 2.76 bits per heavy atom. The van der Waals surface area contributed by atoms with E-state index in [0.717, 1.165) is 22.2 Å². The molecule has 0 aliphatic carbocycles. The molecular weight excluding hydrogens is 262 g/mol. The fraction of sp³-hybridized carbons (Fsp3) is 0.167. The van der Waals surface area contributed by atoms with Crippen LogP contribution in [-0.4, -0.2) is 17.4 Å². The van der Waals surface area contributed by atoms with E-state index in [4.69, 9.17) is 4.74 Å². The van der Waals surface area contributed by atoms with Gasteiger partial charge in [-0.15, -0.1) is 0 Å². The summed E-state index contributed by atoms with van der Waals surface area (Å²) in [5, 5.41) is 0.853. The molecule has 0 unspecified atom stereocenters. The molecule has 1 heterocycles. The lowest BCUT2D eigenvalue weighted by atomic mass is 10.0. The predicted molar refractivity (Wildman–Crippen MR) is 84.1 cm³/mol. The number of aromatic amines is 1. The van der Waals surface area contributed by atoms with Crippen molar-refractivity contribution in [3.63, 3.8) is 0 Å². The number of benzene rings is 2. The van der Waals surface area contributed by atoms with Crippen molar-refractivity contribution >= 4 is 16.7 Å². The third-order valence-corrected chi connectivity index (χ3v) is 3.49. The Hall–Kier alpha value is -2.55. The van der Waals surface area contributed by atoms with Gasteiger partial charge in [0.2, 0.25) is 0 Å². The van der Waals surface area contributed by atoms with Gasteiger partial charge in [0.25, 0.3) is 0 Å². The number of hydrogen-bond acceptors (Lipinski definition) is 2. The van der Waals surface area contributed by atoms with Crippen LogP contribution in [0.5, 0.6) is 5.75 Å². The Balaban J connectivity index is 2.14. The molecule has 106 valence electrons. The fourth-order valence-corrected chi connectivity index (χ4v) is 2.55. The van der Waals surface area contributed by atoms with Crippen LogP contribution in [0.15, 0.2) is 48.7 Å². The molecule has 3 aromatic rings. The summed E-state index contributed by atoms with van der Waals surface area (Å²) in [7, 11) is 0. The van der Waals surface area contributed by atoms with E-state index >= 15 is 0 Å². The molecule has 3 rings (SSSR count). The van der Waals surface area contributed by atoms with E-state index in [1.807, 2.05) is 56.3 Å². The second-order valence-corrected chi connectivity index (χ2v) is 5.01. The van der Waals surface area contributed by atoms with Gasteiger partial charge in [0, 0.05) is 17.3 Å². The molecular formula is C18H17NO2. The van der Waals surface area contributed by atoms with Gasteiger partial charge in [-0.3, -0.25) is 4.79 Å². The number of ketones is 1. The van der Waals surface area contributed by atoms with Gasteiger partial charge in [0.15, 0.2) is 5.78 Å². The molecule has 0 amide bonds. The minimum absolute atomic E-state index is 0.0112. The zero-order valence-electron chi connectivity index (χ0n) is 12.1. The van der Waals surface area contributed by atoms with E-state index in [1.54, 1.807) is 6.20 Å². The summed E-state index contributed by atoms with van der Waals surface area (Å²) < 4.78 is 5.66. The normalized spacial score (nSPS) is 10.8. The first-order valence-corrected chi connectivity index (χ1v) is 7.05. The number of rotatable bonds is 4. The highest BCUT2D eigenvalue weighted by Gasteiger charge is 2.17. The molecule has 0 radical (unpaired) electrons. The monoisotopic (exact) mass is 279 g/mol. The first-order chi connectivity index (χ1) is 10.2. The highest BCUT2D eigenvalue weighted by molar-refractivity contribution is 6.17. The van der Waals surface area contributed by atoms with Gasteiger partial charge in [0.1, 0.15) is 5.75 Å². The van der Waals surface area contributed by atoms with Crippen LogP contribution in [0.2, 0.25) is 0 Å². The zero-order valence-corrected chi connectivity index (χ0v) is 12.1. The molecule has 0 atom stereocenters. The second kappa shape index (κ2) is 5.44. The van der Waals surface area contributed by atoms with Crippen molar-refractivity contribution in [3.8, 4) is 5.75 Å². The van der Waals surface area contributed by atoms with Crippen molar-refractivity contribution in [2.45, 2.75) is 13.8 Å². The molecule has 21 heavy (non-hydrogen) atoms. The number of hydrogen-bond donors (Lipinski definition) is 1. The third kappa shape index (κ3) is 2.42. The largest absolute Gasteiger partial charge is 0.493 e. The maximum absolute atomic E-state index is 12.8. The van der Waals surface area contributed by atoms with E-state index in [2.05, 4.69) is 4.98 Å². The molecule has 1 aromatic heterocycles. The third-order valence-electron chi connectivity index (χ3n) is 3.49. The van der Waals surface area contributed by atoms with Gasteiger partial charge in [-0.1, -0.05) is 29.8 Å². The van der Waals surface area contributed by atoms with Crippen LogP contribution in [0, 0.1) is 6.92 Å². The first kappa shape index (κ1) is 13.4. The van der Waals surface area contributed by atoms with Gasteiger partial charge in [-0.2, -0.15) is 0 Å². The SMILES string of the molecule is CCOc1cccc2[nH]cc(C(=O)c3cccc(C)c3)c12. The Kier molecular flexibility index (Phi) is 3.48. The Bertz CT molecular complexity index is 802. The maximum atomic E-state index is 12.8. The van der Waals surface area contributed by atoms with Crippen LogP contribution in [-0.2, 0) is 0 Å². The van der Waals surface area contributed by atoms with Crippen molar-refractivity contribution in [2.75, 3.05) is 6.61 Å². The number of fused-ring (bicyclic) bond motifs is 1. The first-order valence-electron chi connectivity index (χ1n) is 7.05. The molecule has 0 aliphatic heterocycles. The van der Waals surface area contributed by atoms with E-state index in [1.165, 1.54) is 0 Å². The van der Waals surface area contributed by atoms with Crippen LogP contribution >= 0.6 is 0 Å². The summed E-state index contributed by atoms with van der Waals surface area (Å²) in [6.07, 6.45) is 1.76. The van der Waals surface area contributed by atoms with Crippen LogP contribution < -0.4 is 4.74 Å². The minimum atomic E-state index is 0.0112. The maximum Gasteiger partial charge on any atom is 0.195 e. The van der Waals surface area contributed by atoms with E-state index in [-0.39, 0.29) is 5.78 Å². The molecule has 3 nitrogen and oxygen atoms in total. The van der Waals surface area contributed by atoms with Gasteiger partial charge >= 0.3 is 0 Å². The Labute approximate surface area is 123 Å².